The number of anilines is 1. The topological polar surface area (TPSA) is 95.7 Å². The summed E-state index contributed by atoms with van der Waals surface area (Å²) in [6.45, 7) is 0.0504. The molecule has 1 aliphatic heterocycles. The lowest BCUT2D eigenvalue weighted by atomic mass is 10.2. The van der Waals surface area contributed by atoms with Crippen molar-refractivity contribution in [3.8, 4) is 0 Å². The van der Waals surface area contributed by atoms with Crippen LogP contribution in [0.3, 0.4) is 0 Å². The van der Waals surface area contributed by atoms with Crippen LogP contribution in [0.1, 0.15) is 6.42 Å². The van der Waals surface area contributed by atoms with Crippen molar-refractivity contribution in [2.24, 2.45) is 5.73 Å². The Labute approximate surface area is 125 Å². The molecule has 0 aromatic heterocycles. The molecule has 4 N–H and O–H groups in total. The number of β-amino-alcohol motifs (C(OH)–C–C–N with tert-alkyl or cyclic N) is 1. The minimum Gasteiger partial charge on any atom is -0.391 e. The number of carbonyl (C=O) groups excluding carboxylic acids is 2. The van der Waals surface area contributed by atoms with Gasteiger partial charge in [0.15, 0.2) is 0 Å². The zero-order chi connectivity index (χ0) is 14.9. The lowest BCUT2D eigenvalue weighted by Crippen LogP contribution is -2.45. The van der Waals surface area contributed by atoms with E-state index in [1.54, 1.807) is 12.1 Å². The van der Waals surface area contributed by atoms with E-state index >= 15 is 0 Å². The number of aliphatic hydroxyl groups excluding tert-OH is 1. The molecule has 8 heteroatoms. The molecular formula is C12H13Cl2N3O3. The van der Waals surface area contributed by atoms with Crippen LogP contribution in [0.5, 0.6) is 0 Å². The van der Waals surface area contributed by atoms with Crippen molar-refractivity contribution in [1.29, 1.82) is 0 Å². The number of benzene rings is 1. The van der Waals surface area contributed by atoms with Crippen LogP contribution in [0.2, 0.25) is 10.0 Å². The predicted molar refractivity (Wildman–Crippen MR) is 75.8 cm³/mol. The van der Waals surface area contributed by atoms with E-state index in [1.807, 2.05) is 0 Å². The van der Waals surface area contributed by atoms with Crippen molar-refractivity contribution < 1.29 is 14.7 Å². The summed E-state index contributed by atoms with van der Waals surface area (Å²) in [5.74, 6) is -0.432. The number of urea groups is 1. The first-order valence-electron chi connectivity index (χ1n) is 5.88. The average Bonchev–Trinajstić information content (AvgIpc) is 2.76. The SMILES string of the molecule is NC(=O)N1C[C@H](O)C[C@@H]1C(=O)Nc1ccc(Cl)c(Cl)c1. The number of carbonyl (C=O) groups is 2. The molecule has 1 heterocycles. The van der Waals surface area contributed by atoms with Gasteiger partial charge in [0, 0.05) is 18.7 Å². The minimum atomic E-state index is -0.794. The van der Waals surface area contributed by atoms with Crippen molar-refractivity contribution >= 4 is 40.8 Å². The molecule has 3 amide bonds. The van der Waals surface area contributed by atoms with Crippen molar-refractivity contribution in [1.82, 2.24) is 4.90 Å². The number of hydrogen-bond acceptors (Lipinski definition) is 3. The maximum atomic E-state index is 12.1. The molecule has 0 saturated carbocycles. The highest BCUT2D eigenvalue weighted by molar-refractivity contribution is 6.42. The predicted octanol–water partition coefficient (Wildman–Crippen LogP) is 1.45. The minimum absolute atomic E-state index is 0.0504. The molecule has 108 valence electrons. The Hall–Kier alpha value is -1.50. The number of halogens is 2. The van der Waals surface area contributed by atoms with Crippen LogP contribution in [-0.4, -0.2) is 40.6 Å². The molecule has 2 atom stereocenters. The largest absolute Gasteiger partial charge is 0.391 e. The van der Waals surface area contributed by atoms with E-state index in [4.69, 9.17) is 28.9 Å². The van der Waals surface area contributed by atoms with Gasteiger partial charge in [-0.05, 0) is 18.2 Å². The first kappa shape index (κ1) is 14.9. The Kier molecular flexibility index (Phi) is 4.37. The Bertz CT molecular complexity index is 553. The highest BCUT2D eigenvalue weighted by Gasteiger charge is 2.38. The van der Waals surface area contributed by atoms with Gasteiger partial charge in [-0.15, -0.1) is 0 Å². The summed E-state index contributed by atoms with van der Waals surface area (Å²) in [4.78, 5) is 24.5. The van der Waals surface area contributed by atoms with Crippen LogP contribution >= 0.6 is 23.2 Å². The van der Waals surface area contributed by atoms with Crippen LogP contribution in [-0.2, 0) is 4.79 Å². The molecule has 1 aliphatic rings. The molecule has 0 unspecified atom stereocenters. The number of nitrogens with zero attached hydrogens (tertiary/aromatic N) is 1. The Balaban J connectivity index is 2.11. The van der Waals surface area contributed by atoms with Gasteiger partial charge >= 0.3 is 6.03 Å². The molecule has 1 aromatic carbocycles. The summed E-state index contributed by atoms with van der Waals surface area (Å²) in [6.07, 6.45) is -0.608. The number of primary amides is 1. The molecule has 1 fully saturated rings. The third-order valence-electron chi connectivity index (χ3n) is 3.05. The fourth-order valence-corrected chi connectivity index (χ4v) is 2.40. The van der Waals surface area contributed by atoms with Gasteiger partial charge < -0.3 is 21.1 Å². The highest BCUT2D eigenvalue weighted by Crippen LogP contribution is 2.26. The van der Waals surface area contributed by atoms with E-state index < -0.39 is 24.1 Å². The summed E-state index contributed by atoms with van der Waals surface area (Å²) < 4.78 is 0. The smallest absolute Gasteiger partial charge is 0.315 e. The van der Waals surface area contributed by atoms with Crippen molar-refractivity contribution in [2.75, 3.05) is 11.9 Å². The fourth-order valence-electron chi connectivity index (χ4n) is 2.11. The van der Waals surface area contributed by atoms with E-state index in [-0.39, 0.29) is 13.0 Å². The zero-order valence-electron chi connectivity index (χ0n) is 10.3. The molecule has 2 rings (SSSR count). The summed E-state index contributed by atoms with van der Waals surface area (Å²) in [5, 5.41) is 12.8. The number of aliphatic hydroxyl groups is 1. The molecule has 0 bridgehead atoms. The van der Waals surface area contributed by atoms with Crippen LogP contribution in [0.25, 0.3) is 0 Å². The molecule has 0 aliphatic carbocycles. The molecule has 0 radical (unpaired) electrons. The van der Waals surface area contributed by atoms with Crippen LogP contribution in [0, 0.1) is 0 Å². The quantitative estimate of drug-likeness (QED) is 0.770. The molecule has 0 spiro atoms. The molecule has 1 saturated heterocycles. The van der Waals surface area contributed by atoms with Gasteiger partial charge in [0.25, 0.3) is 0 Å². The number of amides is 3. The summed E-state index contributed by atoms with van der Waals surface area (Å²) >= 11 is 11.6. The zero-order valence-corrected chi connectivity index (χ0v) is 11.9. The maximum absolute atomic E-state index is 12.1. The van der Waals surface area contributed by atoms with E-state index in [2.05, 4.69) is 5.32 Å². The number of hydrogen-bond donors (Lipinski definition) is 3. The highest BCUT2D eigenvalue weighted by atomic mass is 35.5. The second-order valence-corrected chi connectivity index (χ2v) is 5.33. The van der Waals surface area contributed by atoms with Gasteiger partial charge in [-0.3, -0.25) is 4.79 Å². The second kappa shape index (κ2) is 5.87. The van der Waals surface area contributed by atoms with Gasteiger partial charge in [-0.2, -0.15) is 0 Å². The van der Waals surface area contributed by atoms with E-state index in [0.29, 0.717) is 15.7 Å². The van der Waals surface area contributed by atoms with E-state index in [1.165, 1.54) is 6.07 Å². The van der Waals surface area contributed by atoms with Crippen LogP contribution in [0.15, 0.2) is 18.2 Å². The number of nitrogens with two attached hydrogens (primary N) is 1. The normalized spacial score (nSPS) is 21.9. The van der Waals surface area contributed by atoms with Crippen LogP contribution in [0.4, 0.5) is 10.5 Å². The summed E-state index contributed by atoms with van der Waals surface area (Å²) in [7, 11) is 0. The van der Waals surface area contributed by atoms with Gasteiger partial charge in [0.2, 0.25) is 5.91 Å². The summed E-state index contributed by atoms with van der Waals surface area (Å²) in [5.41, 5.74) is 5.64. The molecule has 6 nitrogen and oxygen atoms in total. The lowest BCUT2D eigenvalue weighted by molar-refractivity contribution is -0.119. The maximum Gasteiger partial charge on any atom is 0.315 e. The number of likely N-dealkylation sites (tertiary alicyclic amines) is 1. The third-order valence-corrected chi connectivity index (χ3v) is 3.79. The monoisotopic (exact) mass is 317 g/mol. The van der Waals surface area contributed by atoms with Gasteiger partial charge in [0.05, 0.1) is 16.1 Å². The lowest BCUT2D eigenvalue weighted by Gasteiger charge is -2.21. The van der Waals surface area contributed by atoms with Gasteiger partial charge in [-0.25, -0.2) is 4.79 Å². The fraction of sp³-hybridized carbons (Fsp3) is 0.333. The van der Waals surface area contributed by atoms with Crippen molar-refractivity contribution in [2.45, 2.75) is 18.6 Å². The summed E-state index contributed by atoms with van der Waals surface area (Å²) in [6, 6.07) is 3.11. The van der Waals surface area contributed by atoms with Crippen LogP contribution < -0.4 is 11.1 Å². The van der Waals surface area contributed by atoms with Gasteiger partial charge in [-0.1, -0.05) is 23.2 Å². The Morgan fingerprint density at radius 1 is 1.35 bits per heavy atom. The first-order valence-corrected chi connectivity index (χ1v) is 6.64. The van der Waals surface area contributed by atoms with E-state index in [9.17, 15) is 14.7 Å². The second-order valence-electron chi connectivity index (χ2n) is 4.51. The number of rotatable bonds is 2. The Morgan fingerprint density at radius 3 is 2.65 bits per heavy atom. The standard InChI is InChI=1S/C12H13Cl2N3O3/c13-8-2-1-6(3-9(8)14)16-11(19)10-4-7(18)5-17(10)12(15)20/h1-3,7,10,18H,4-5H2,(H2,15,20)(H,16,19)/t7-,10-/m1/s1. The average molecular weight is 318 g/mol. The van der Waals surface area contributed by atoms with E-state index in [0.717, 1.165) is 4.90 Å². The van der Waals surface area contributed by atoms with Gasteiger partial charge in [0.1, 0.15) is 6.04 Å². The third kappa shape index (κ3) is 3.15. The first-order chi connectivity index (χ1) is 9.38. The Morgan fingerprint density at radius 2 is 2.05 bits per heavy atom. The molecule has 1 aromatic rings. The number of nitrogens with one attached hydrogen (secondary N) is 1. The van der Waals surface area contributed by atoms with Crippen molar-refractivity contribution in [3.05, 3.63) is 28.2 Å². The molecular weight excluding hydrogens is 305 g/mol. The molecule has 20 heavy (non-hydrogen) atoms. The van der Waals surface area contributed by atoms with Crippen molar-refractivity contribution in [3.63, 3.8) is 0 Å².